The maximum atomic E-state index is 4.12. The number of nitrogens with one attached hydrogen (secondary N) is 1. The summed E-state index contributed by atoms with van der Waals surface area (Å²) in [5.41, 5.74) is 0. The van der Waals surface area contributed by atoms with Gasteiger partial charge in [-0.25, -0.2) is 0 Å². The van der Waals surface area contributed by atoms with E-state index in [4.69, 9.17) is 0 Å². The Kier molecular flexibility index (Phi) is 6.39. The minimum absolute atomic E-state index is 0. The van der Waals surface area contributed by atoms with Crippen LogP contribution in [-0.4, -0.2) is 26.2 Å². The summed E-state index contributed by atoms with van der Waals surface area (Å²) < 4.78 is 0. The zero-order chi connectivity index (χ0) is 5.11. The Bertz CT molecular complexity index is 52.4. The molecule has 1 fully saturated rings. The molecule has 0 aromatic heterocycles. The van der Waals surface area contributed by atoms with Gasteiger partial charge in [0.2, 0.25) is 0 Å². The minimum atomic E-state index is 0. The number of hydrogen-bond donors (Lipinski definition) is 1. The van der Waals surface area contributed by atoms with Crippen molar-refractivity contribution in [2.24, 2.45) is 0 Å². The maximum Gasteiger partial charge on any atom is 1.00 e. The molecule has 1 unspecified atom stereocenters. The Morgan fingerprint density at radius 3 is 2.62 bits per heavy atom. The molecule has 0 spiro atoms. The molecule has 0 amide bonds. The van der Waals surface area contributed by atoms with Crippen LogP contribution in [0.15, 0.2) is 0 Å². The Morgan fingerprint density at radius 1 is 1.62 bits per heavy atom. The SMILES string of the molecule is C[N-]C1CCNC1.[K+]. The number of nitrogens with zero attached hydrogens (tertiary/aromatic N) is 1. The van der Waals surface area contributed by atoms with Crippen molar-refractivity contribution in [2.45, 2.75) is 12.5 Å². The van der Waals surface area contributed by atoms with Crippen LogP contribution in [0.3, 0.4) is 0 Å². The van der Waals surface area contributed by atoms with E-state index in [1.165, 1.54) is 6.42 Å². The Hall–Kier alpha value is 1.56. The summed E-state index contributed by atoms with van der Waals surface area (Å²) in [4.78, 5) is 0. The molecule has 1 N–H and O–H groups in total. The summed E-state index contributed by atoms with van der Waals surface area (Å²) in [6, 6.07) is 0.611. The van der Waals surface area contributed by atoms with Crippen LogP contribution in [-0.2, 0) is 0 Å². The molecule has 3 heteroatoms. The molecule has 0 aliphatic carbocycles. The van der Waals surface area contributed by atoms with Gasteiger partial charge in [-0.3, -0.25) is 0 Å². The second-order valence-electron chi connectivity index (χ2n) is 1.90. The van der Waals surface area contributed by atoms with Crippen molar-refractivity contribution >= 4 is 0 Å². The van der Waals surface area contributed by atoms with E-state index in [0.29, 0.717) is 6.04 Å². The van der Waals surface area contributed by atoms with E-state index in [2.05, 4.69) is 10.6 Å². The molecule has 1 aliphatic heterocycles. The number of hydrogen-bond acceptors (Lipinski definition) is 1. The van der Waals surface area contributed by atoms with E-state index in [1.807, 2.05) is 7.05 Å². The first kappa shape index (κ1) is 9.56. The first-order chi connectivity index (χ1) is 3.43. The van der Waals surface area contributed by atoms with E-state index in [-0.39, 0.29) is 51.4 Å². The Morgan fingerprint density at radius 2 is 2.38 bits per heavy atom. The minimum Gasteiger partial charge on any atom is -0.661 e. The molecule has 42 valence electrons. The molecule has 8 heavy (non-hydrogen) atoms. The van der Waals surface area contributed by atoms with Crippen LogP contribution in [0.2, 0.25) is 0 Å². The Labute approximate surface area is 93.2 Å². The molecule has 0 aromatic rings. The predicted molar refractivity (Wildman–Crippen MR) is 30.6 cm³/mol. The molecule has 0 bridgehead atoms. The van der Waals surface area contributed by atoms with Gasteiger partial charge in [-0.1, -0.05) is 6.42 Å². The van der Waals surface area contributed by atoms with Crippen molar-refractivity contribution in [1.82, 2.24) is 5.32 Å². The third kappa shape index (κ3) is 2.91. The van der Waals surface area contributed by atoms with E-state index in [1.54, 1.807) is 0 Å². The molecule has 1 atom stereocenters. The van der Waals surface area contributed by atoms with Crippen LogP contribution in [0.4, 0.5) is 0 Å². The molecular formula is C5H11KN2. The molecule has 0 aromatic carbocycles. The molecule has 1 aliphatic rings. The average Bonchev–Trinajstić information content (AvgIpc) is 2.14. The van der Waals surface area contributed by atoms with Crippen molar-refractivity contribution in [2.75, 3.05) is 20.1 Å². The van der Waals surface area contributed by atoms with Gasteiger partial charge in [0.25, 0.3) is 0 Å². The summed E-state index contributed by atoms with van der Waals surface area (Å²) >= 11 is 0. The summed E-state index contributed by atoms with van der Waals surface area (Å²) in [5.74, 6) is 0. The maximum absolute atomic E-state index is 4.12. The summed E-state index contributed by atoms with van der Waals surface area (Å²) in [5, 5.41) is 7.35. The normalized spacial score (nSPS) is 27.4. The second-order valence-corrected chi connectivity index (χ2v) is 1.90. The van der Waals surface area contributed by atoms with Gasteiger partial charge in [0, 0.05) is 0 Å². The fraction of sp³-hybridized carbons (Fsp3) is 1.00. The van der Waals surface area contributed by atoms with Crippen LogP contribution < -0.4 is 56.7 Å². The van der Waals surface area contributed by atoms with Crippen LogP contribution in [0.1, 0.15) is 6.42 Å². The van der Waals surface area contributed by atoms with E-state index in [9.17, 15) is 0 Å². The fourth-order valence-electron chi connectivity index (χ4n) is 0.860. The monoisotopic (exact) mass is 138 g/mol. The third-order valence-corrected chi connectivity index (χ3v) is 1.40. The molecule has 2 nitrogen and oxygen atoms in total. The third-order valence-electron chi connectivity index (χ3n) is 1.40. The van der Waals surface area contributed by atoms with Gasteiger partial charge in [-0.15, -0.1) is 6.04 Å². The van der Waals surface area contributed by atoms with Gasteiger partial charge >= 0.3 is 51.4 Å². The van der Waals surface area contributed by atoms with Crippen LogP contribution in [0.25, 0.3) is 5.32 Å². The molecule has 1 heterocycles. The molecule has 0 radical (unpaired) electrons. The molecular weight excluding hydrogens is 127 g/mol. The Balaban J connectivity index is 0.000000490. The largest absolute Gasteiger partial charge is 1.00 e. The topological polar surface area (TPSA) is 26.1 Å². The number of likely N-dealkylation sites (N-methyl/N-ethyl adjacent to an activating group) is 1. The fourth-order valence-corrected chi connectivity index (χ4v) is 0.860. The second kappa shape index (κ2) is 5.35. The zero-order valence-corrected chi connectivity index (χ0v) is 8.77. The van der Waals surface area contributed by atoms with E-state index < -0.39 is 0 Å². The van der Waals surface area contributed by atoms with Gasteiger partial charge in [0.15, 0.2) is 0 Å². The summed E-state index contributed by atoms with van der Waals surface area (Å²) in [6.07, 6.45) is 1.23. The van der Waals surface area contributed by atoms with Gasteiger partial charge < -0.3 is 10.6 Å². The van der Waals surface area contributed by atoms with Crippen LogP contribution in [0, 0.1) is 0 Å². The molecule has 0 saturated carbocycles. The quantitative estimate of drug-likeness (QED) is 0.394. The van der Waals surface area contributed by atoms with Crippen LogP contribution in [0.5, 0.6) is 0 Å². The summed E-state index contributed by atoms with van der Waals surface area (Å²) in [6.45, 7) is 2.25. The standard InChI is InChI=1S/C5H11N2.K/c1-6-5-2-3-7-4-5;/h5,7H,2-4H2,1H3;/q-1;+1. The summed E-state index contributed by atoms with van der Waals surface area (Å²) in [7, 11) is 1.89. The van der Waals surface area contributed by atoms with Gasteiger partial charge in [0.1, 0.15) is 0 Å². The van der Waals surface area contributed by atoms with E-state index >= 15 is 0 Å². The first-order valence-corrected chi connectivity index (χ1v) is 2.73. The zero-order valence-electron chi connectivity index (χ0n) is 5.65. The van der Waals surface area contributed by atoms with E-state index in [0.717, 1.165) is 13.1 Å². The van der Waals surface area contributed by atoms with Crippen molar-refractivity contribution in [3.8, 4) is 0 Å². The predicted octanol–water partition coefficient (Wildman–Crippen LogP) is -2.64. The van der Waals surface area contributed by atoms with Gasteiger partial charge in [-0.2, -0.15) is 7.05 Å². The van der Waals surface area contributed by atoms with Crippen molar-refractivity contribution in [3.63, 3.8) is 0 Å². The number of rotatable bonds is 1. The van der Waals surface area contributed by atoms with Crippen molar-refractivity contribution < 1.29 is 51.4 Å². The first-order valence-electron chi connectivity index (χ1n) is 2.73. The average molecular weight is 138 g/mol. The van der Waals surface area contributed by atoms with Gasteiger partial charge in [0.05, 0.1) is 0 Å². The van der Waals surface area contributed by atoms with Crippen LogP contribution >= 0.6 is 0 Å². The smallest absolute Gasteiger partial charge is 0.661 e. The molecule has 1 saturated heterocycles. The van der Waals surface area contributed by atoms with Crippen molar-refractivity contribution in [1.29, 1.82) is 0 Å². The molecule has 1 rings (SSSR count). The van der Waals surface area contributed by atoms with Crippen molar-refractivity contribution in [3.05, 3.63) is 5.32 Å². The van der Waals surface area contributed by atoms with Gasteiger partial charge in [-0.05, 0) is 13.1 Å².